The lowest BCUT2D eigenvalue weighted by atomic mass is 9.91. The summed E-state index contributed by atoms with van der Waals surface area (Å²) in [5, 5.41) is 9.67. The van der Waals surface area contributed by atoms with Crippen molar-refractivity contribution in [1.29, 1.82) is 0 Å². The first-order chi connectivity index (χ1) is 13.3. The number of methoxy groups -OCH3 is 1. The highest BCUT2D eigenvalue weighted by molar-refractivity contribution is 5.73. The van der Waals surface area contributed by atoms with Gasteiger partial charge in [0.05, 0.1) is 18.7 Å². The van der Waals surface area contributed by atoms with Crippen molar-refractivity contribution < 1.29 is 27.8 Å². The molecule has 1 saturated heterocycles. The second-order valence-electron chi connectivity index (χ2n) is 6.88. The van der Waals surface area contributed by atoms with Gasteiger partial charge in [-0.2, -0.15) is 13.2 Å². The Morgan fingerprint density at radius 1 is 1.07 bits per heavy atom. The van der Waals surface area contributed by atoms with Crippen LogP contribution in [0.3, 0.4) is 0 Å². The Morgan fingerprint density at radius 2 is 1.64 bits per heavy atom. The standard InChI is InChI=1S/C21H22F3NO3/c1-28-17-11-7-15(8-12-17)19(25-13-3-2-4-18(25)20(26)27)14-5-9-16(10-6-14)21(22,23)24/h5-12,18-19H,2-4,13H2,1H3,(H,26,27). The molecule has 0 amide bonds. The van der Waals surface area contributed by atoms with Gasteiger partial charge < -0.3 is 9.84 Å². The van der Waals surface area contributed by atoms with Crippen LogP contribution in [0.2, 0.25) is 0 Å². The number of likely N-dealkylation sites (tertiary alicyclic amines) is 1. The first kappa shape index (κ1) is 20.2. The number of benzene rings is 2. The van der Waals surface area contributed by atoms with Crippen molar-refractivity contribution in [2.24, 2.45) is 0 Å². The molecule has 0 radical (unpaired) electrons. The number of hydrogen-bond acceptors (Lipinski definition) is 3. The molecule has 150 valence electrons. The fourth-order valence-electron chi connectivity index (χ4n) is 3.74. The van der Waals surface area contributed by atoms with Crippen LogP contribution in [-0.4, -0.2) is 35.7 Å². The molecule has 0 saturated carbocycles. The third-order valence-corrected chi connectivity index (χ3v) is 5.15. The summed E-state index contributed by atoms with van der Waals surface area (Å²) in [6, 6.07) is 11.0. The zero-order chi connectivity index (χ0) is 20.3. The molecule has 7 heteroatoms. The normalized spacial score (nSPS) is 19.2. The molecule has 0 bridgehead atoms. The molecule has 3 rings (SSSR count). The van der Waals surface area contributed by atoms with E-state index in [0.717, 1.165) is 30.5 Å². The molecule has 1 N–H and O–H groups in total. The zero-order valence-corrected chi connectivity index (χ0v) is 15.4. The largest absolute Gasteiger partial charge is 0.497 e. The molecular formula is C21H22F3NO3. The molecule has 1 aliphatic heterocycles. The third kappa shape index (κ3) is 4.30. The Morgan fingerprint density at radius 3 is 2.14 bits per heavy atom. The number of rotatable bonds is 5. The minimum Gasteiger partial charge on any atom is -0.497 e. The first-order valence-corrected chi connectivity index (χ1v) is 9.11. The van der Waals surface area contributed by atoms with Gasteiger partial charge in [0.25, 0.3) is 0 Å². The van der Waals surface area contributed by atoms with Gasteiger partial charge in [-0.05, 0) is 54.8 Å². The number of nitrogens with zero attached hydrogens (tertiary/aromatic N) is 1. The van der Waals surface area contributed by atoms with Gasteiger partial charge in [0.15, 0.2) is 0 Å². The molecule has 0 aromatic heterocycles. The minimum atomic E-state index is -4.41. The van der Waals surface area contributed by atoms with Gasteiger partial charge >= 0.3 is 12.1 Å². The fourth-order valence-corrected chi connectivity index (χ4v) is 3.74. The predicted molar refractivity (Wildman–Crippen MR) is 98.3 cm³/mol. The molecule has 2 unspecified atom stereocenters. The molecule has 4 nitrogen and oxygen atoms in total. The number of carbonyl (C=O) groups is 1. The second-order valence-corrected chi connectivity index (χ2v) is 6.88. The van der Waals surface area contributed by atoms with Crippen molar-refractivity contribution >= 4 is 5.97 Å². The number of hydrogen-bond donors (Lipinski definition) is 1. The van der Waals surface area contributed by atoms with Crippen molar-refractivity contribution in [3.8, 4) is 5.75 Å². The maximum absolute atomic E-state index is 12.9. The highest BCUT2D eigenvalue weighted by Crippen LogP contribution is 2.36. The van der Waals surface area contributed by atoms with E-state index in [0.29, 0.717) is 24.3 Å². The quantitative estimate of drug-likeness (QED) is 0.797. The van der Waals surface area contributed by atoms with Crippen molar-refractivity contribution in [2.75, 3.05) is 13.7 Å². The highest BCUT2D eigenvalue weighted by Gasteiger charge is 2.36. The van der Waals surface area contributed by atoms with Crippen LogP contribution in [0, 0.1) is 0 Å². The SMILES string of the molecule is COc1ccc(C(c2ccc(C(F)(F)F)cc2)N2CCCCC2C(=O)O)cc1. The zero-order valence-electron chi connectivity index (χ0n) is 15.4. The molecule has 28 heavy (non-hydrogen) atoms. The summed E-state index contributed by atoms with van der Waals surface area (Å²) >= 11 is 0. The molecule has 2 atom stereocenters. The van der Waals surface area contributed by atoms with Gasteiger partial charge in [0, 0.05) is 0 Å². The number of carboxylic acid groups (broad SMARTS) is 1. The summed E-state index contributed by atoms with van der Waals surface area (Å²) in [5.74, 6) is -0.256. The van der Waals surface area contributed by atoms with Crippen molar-refractivity contribution in [3.05, 3.63) is 65.2 Å². The molecule has 1 aliphatic rings. The number of halogens is 3. The smallest absolute Gasteiger partial charge is 0.416 e. The van der Waals surface area contributed by atoms with Gasteiger partial charge in [0.1, 0.15) is 11.8 Å². The van der Waals surface area contributed by atoms with Gasteiger partial charge in [0.2, 0.25) is 0 Å². The van der Waals surface area contributed by atoms with E-state index in [-0.39, 0.29) is 0 Å². The van der Waals surface area contributed by atoms with Crippen LogP contribution in [0.5, 0.6) is 5.75 Å². The summed E-state index contributed by atoms with van der Waals surface area (Å²) in [6.45, 7) is 0.564. The first-order valence-electron chi connectivity index (χ1n) is 9.11. The topological polar surface area (TPSA) is 49.8 Å². The molecule has 1 fully saturated rings. The van der Waals surface area contributed by atoms with E-state index >= 15 is 0 Å². The van der Waals surface area contributed by atoms with E-state index in [1.54, 1.807) is 19.2 Å². The van der Waals surface area contributed by atoms with Gasteiger partial charge in [-0.3, -0.25) is 9.69 Å². The number of piperidine rings is 1. The number of alkyl halides is 3. The van der Waals surface area contributed by atoms with E-state index in [2.05, 4.69) is 0 Å². The minimum absolute atomic E-state index is 0.449. The van der Waals surface area contributed by atoms with Crippen LogP contribution in [-0.2, 0) is 11.0 Å². The van der Waals surface area contributed by atoms with Crippen LogP contribution in [0.4, 0.5) is 13.2 Å². The van der Waals surface area contributed by atoms with E-state index in [1.807, 2.05) is 17.0 Å². The van der Waals surface area contributed by atoms with Crippen LogP contribution in [0.1, 0.15) is 42.0 Å². The molecule has 1 heterocycles. The lowest BCUT2D eigenvalue weighted by Gasteiger charge is -2.39. The van der Waals surface area contributed by atoms with E-state index in [9.17, 15) is 23.1 Å². The monoisotopic (exact) mass is 393 g/mol. The maximum Gasteiger partial charge on any atom is 0.416 e. The number of aliphatic carboxylic acids is 1. The number of ether oxygens (including phenoxy) is 1. The van der Waals surface area contributed by atoms with E-state index < -0.39 is 29.8 Å². The Kier molecular flexibility index (Phi) is 5.93. The van der Waals surface area contributed by atoms with Crippen LogP contribution < -0.4 is 4.74 Å². The van der Waals surface area contributed by atoms with Crippen molar-refractivity contribution in [2.45, 2.75) is 37.5 Å². The summed E-state index contributed by atoms with van der Waals surface area (Å²) in [4.78, 5) is 13.7. The van der Waals surface area contributed by atoms with Gasteiger partial charge in [-0.25, -0.2) is 0 Å². The Bertz CT molecular complexity index is 803. The third-order valence-electron chi connectivity index (χ3n) is 5.15. The molecule has 2 aromatic rings. The van der Waals surface area contributed by atoms with E-state index in [1.165, 1.54) is 12.1 Å². The van der Waals surface area contributed by atoms with E-state index in [4.69, 9.17) is 4.74 Å². The fraction of sp³-hybridized carbons (Fsp3) is 0.381. The summed E-state index contributed by atoms with van der Waals surface area (Å²) in [6.07, 6.45) is -2.24. The summed E-state index contributed by atoms with van der Waals surface area (Å²) in [5.41, 5.74) is 0.721. The van der Waals surface area contributed by atoms with Gasteiger partial charge in [-0.1, -0.05) is 30.7 Å². The molecular weight excluding hydrogens is 371 g/mol. The summed E-state index contributed by atoms with van der Waals surface area (Å²) in [7, 11) is 1.55. The summed E-state index contributed by atoms with van der Waals surface area (Å²) < 4.78 is 44.0. The molecule has 0 aliphatic carbocycles. The second kappa shape index (κ2) is 8.22. The van der Waals surface area contributed by atoms with Crippen molar-refractivity contribution in [1.82, 2.24) is 4.90 Å². The van der Waals surface area contributed by atoms with Crippen molar-refractivity contribution in [3.63, 3.8) is 0 Å². The highest BCUT2D eigenvalue weighted by atomic mass is 19.4. The van der Waals surface area contributed by atoms with Crippen LogP contribution >= 0.6 is 0 Å². The van der Waals surface area contributed by atoms with Crippen LogP contribution in [0.15, 0.2) is 48.5 Å². The average molecular weight is 393 g/mol. The van der Waals surface area contributed by atoms with Gasteiger partial charge in [-0.15, -0.1) is 0 Å². The Labute approximate surface area is 161 Å². The lowest BCUT2D eigenvalue weighted by molar-refractivity contribution is -0.145. The molecule has 2 aromatic carbocycles. The number of carboxylic acids is 1. The average Bonchev–Trinajstić information content (AvgIpc) is 2.69. The molecule has 0 spiro atoms. The predicted octanol–water partition coefficient (Wildman–Crippen LogP) is 4.74. The Hall–Kier alpha value is -2.54. The maximum atomic E-state index is 12.9. The lowest BCUT2D eigenvalue weighted by Crippen LogP contribution is -2.46. The Balaban J connectivity index is 2.04. The van der Waals surface area contributed by atoms with Crippen LogP contribution in [0.25, 0.3) is 0 Å².